The van der Waals surface area contributed by atoms with Crippen molar-refractivity contribution in [3.8, 4) is 0 Å². The number of nitrogens with one attached hydrogen (secondary N) is 1. The number of rotatable bonds is 1. The fourth-order valence-corrected chi connectivity index (χ4v) is 1.99. The number of hydrogen-bond acceptors (Lipinski definition) is 3. The summed E-state index contributed by atoms with van der Waals surface area (Å²) in [5.41, 5.74) is 1.25. The van der Waals surface area contributed by atoms with Crippen LogP contribution in [0.25, 0.3) is 5.70 Å². The van der Waals surface area contributed by atoms with Crippen molar-refractivity contribution >= 4 is 17.0 Å². The van der Waals surface area contributed by atoms with Crippen molar-refractivity contribution in [3.63, 3.8) is 0 Å². The molecule has 2 heterocycles. The number of thiophene rings is 1. The molecule has 12 heavy (non-hydrogen) atoms. The number of hydrogen-bond donors (Lipinski definition) is 1. The van der Waals surface area contributed by atoms with E-state index in [4.69, 9.17) is 0 Å². The molecule has 0 spiro atoms. The van der Waals surface area contributed by atoms with Crippen LogP contribution < -0.4 is 5.32 Å². The second-order valence-electron chi connectivity index (χ2n) is 2.93. The molecule has 0 saturated carbocycles. The zero-order chi connectivity index (χ0) is 8.39. The summed E-state index contributed by atoms with van der Waals surface area (Å²) in [6, 6.07) is 4.22. The monoisotopic (exact) mass is 180 g/mol. The van der Waals surface area contributed by atoms with Gasteiger partial charge in [0.05, 0.1) is 10.6 Å². The average molecular weight is 180 g/mol. The topological polar surface area (TPSA) is 15.3 Å². The van der Waals surface area contributed by atoms with E-state index in [1.165, 1.54) is 10.6 Å². The molecule has 64 valence electrons. The molecule has 0 bridgehead atoms. The predicted octanol–water partition coefficient (Wildman–Crippen LogP) is 1.58. The second-order valence-corrected chi connectivity index (χ2v) is 3.88. The summed E-state index contributed by atoms with van der Waals surface area (Å²) >= 11 is 1.77. The van der Waals surface area contributed by atoms with E-state index < -0.39 is 0 Å². The second kappa shape index (κ2) is 3.19. The van der Waals surface area contributed by atoms with E-state index in [0.717, 1.165) is 13.1 Å². The van der Waals surface area contributed by atoms with Gasteiger partial charge >= 0.3 is 0 Å². The van der Waals surface area contributed by atoms with Gasteiger partial charge in [0.15, 0.2) is 0 Å². The van der Waals surface area contributed by atoms with Crippen molar-refractivity contribution in [3.05, 3.63) is 28.6 Å². The Morgan fingerprint density at radius 2 is 2.50 bits per heavy atom. The molecule has 0 atom stereocenters. The van der Waals surface area contributed by atoms with Crippen LogP contribution in [0.1, 0.15) is 4.88 Å². The molecule has 0 radical (unpaired) electrons. The predicted molar refractivity (Wildman–Crippen MR) is 52.9 cm³/mol. The maximum atomic E-state index is 3.38. The van der Waals surface area contributed by atoms with Crippen LogP contribution in [0.5, 0.6) is 0 Å². The van der Waals surface area contributed by atoms with Gasteiger partial charge in [0.2, 0.25) is 0 Å². The van der Waals surface area contributed by atoms with Crippen molar-refractivity contribution in [1.82, 2.24) is 10.2 Å². The van der Waals surface area contributed by atoms with Crippen molar-refractivity contribution in [2.45, 2.75) is 0 Å². The average Bonchev–Trinajstić information content (AvgIpc) is 2.56. The normalized spacial score (nSPS) is 17.1. The summed E-state index contributed by atoms with van der Waals surface area (Å²) in [6.07, 6.45) is 2.16. The zero-order valence-corrected chi connectivity index (χ0v) is 7.90. The van der Waals surface area contributed by atoms with Gasteiger partial charge in [-0.15, -0.1) is 11.3 Å². The number of likely N-dealkylation sites (N-methyl/N-ethyl adjacent to an activating group) is 1. The maximum absolute atomic E-state index is 3.38. The smallest absolute Gasteiger partial charge is 0.0677 e. The molecule has 1 aromatic heterocycles. The third-order valence-electron chi connectivity index (χ3n) is 1.92. The van der Waals surface area contributed by atoms with Crippen LogP contribution in [-0.2, 0) is 0 Å². The highest BCUT2D eigenvalue weighted by atomic mass is 32.1. The first kappa shape index (κ1) is 7.68. The minimum atomic E-state index is 1.04. The molecule has 1 aliphatic rings. The summed E-state index contributed by atoms with van der Waals surface area (Å²) in [5.74, 6) is 0. The minimum Gasteiger partial charge on any atom is -0.381 e. The van der Waals surface area contributed by atoms with Crippen LogP contribution >= 0.6 is 11.3 Å². The minimum absolute atomic E-state index is 1.04. The van der Waals surface area contributed by atoms with Crippen molar-refractivity contribution in [2.75, 3.05) is 20.1 Å². The Bertz CT molecular complexity index is 277. The number of nitrogens with zero attached hydrogens (tertiary/aromatic N) is 1. The molecule has 0 aromatic carbocycles. The molecule has 3 heteroatoms. The van der Waals surface area contributed by atoms with Gasteiger partial charge in [-0.05, 0) is 11.4 Å². The molecule has 1 N–H and O–H groups in total. The first-order chi connectivity index (χ1) is 5.86. The fraction of sp³-hybridized carbons (Fsp3) is 0.333. The fourth-order valence-electron chi connectivity index (χ4n) is 1.28. The van der Waals surface area contributed by atoms with Crippen LogP contribution in [0, 0.1) is 0 Å². The summed E-state index contributed by atoms with van der Waals surface area (Å²) in [5, 5.41) is 5.49. The highest BCUT2D eigenvalue weighted by Crippen LogP contribution is 2.19. The highest BCUT2D eigenvalue weighted by Gasteiger charge is 2.07. The summed E-state index contributed by atoms with van der Waals surface area (Å²) in [4.78, 5) is 3.53. The Kier molecular flexibility index (Phi) is 2.04. The van der Waals surface area contributed by atoms with Crippen LogP contribution in [0.3, 0.4) is 0 Å². The largest absolute Gasteiger partial charge is 0.381 e. The summed E-state index contributed by atoms with van der Waals surface area (Å²) in [6.45, 7) is 2.13. The quantitative estimate of drug-likeness (QED) is 0.706. The molecule has 0 saturated heterocycles. The molecule has 0 unspecified atom stereocenters. The summed E-state index contributed by atoms with van der Waals surface area (Å²) < 4.78 is 0. The highest BCUT2D eigenvalue weighted by molar-refractivity contribution is 7.11. The van der Waals surface area contributed by atoms with E-state index in [1.54, 1.807) is 11.3 Å². The standard InChI is InChI=1S/C9H12N2S/c1-11-5-4-10-8(7-11)9-3-2-6-12-9/h2-3,6-7,10H,4-5H2,1H3. The third-order valence-corrected chi connectivity index (χ3v) is 2.82. The lowest BCUT2D eigenvalue weighted by atomic mass is 10.3. The van der Waals surface area contributed by atoms with Gasteiger partial charge in [-0.3, -0.25) is 0 Å². The van der Waals surface area contributed by atoms with Gasteiger partial charge in [0.25, 0.3) is 0 Å². The SMILES string of the molecule is CN1C=C(c2cccs2)NCC1. The van der Waals surface area contributed by atoms with Crippen LogP contribution in [-0.4, -0.2) is 25.0 Å². The van der Waals surface area contributed by atoms with Crippen molar-refractivity contribution in [2.24, 2.45) is 0 Å². The van der Waals surface area contributed by atoms with Crippen molar-refractivity contribution in [1.29, 1.82) is 0 Å². The van der Waals surface area contributed by atoms with Crippen LogP contribution in [0.15, 0.2) is 23.7 Å². The van der Waals surface area contributed by atoms with Crippen LogP contribution in [0.4, 0.5) is 0 Å². The van der Waals surface area contributed by atoms with E-state index in [0.29, 0.717) is 0 Å². The maximum Gasteiger partial charge on any atom is 0.0677 e. The van der Waals surface area contributed by atoms with Crippen LogP contribution in [0.2, 0.25) is 0 Å². The van der Waals surface area contributed by atoms with E-state index in [2.05, 4.69) is 41.0 Å². The Hall–Kier alpha value is -0.960. The Morgan fingerprint density at radius 3 is 3.17 bits per heavy atom. The Morgan fingerprint density at radius 1 is 1.58 bits per heavy atom. The Labute approximate surface area is 76.5 Å². The molecular formula is C9H12N2S. The van der Waals surface area contributed by atoms with Gasteiger partial charge in [0.1, 0.15) is 0 Å². The molecular weight excluding hydrogens is 168 g/mol. The molecule has 1 aromatic rings. The molecule has 0 amide bonds. The van der Waals surface area contributed by atoms with E-state index >= 15 is 0 Å². The first-order valence-electron chi connectivity index (χ1n) is 4.06. The zero-order valence-electron chi connectivity index (χ0n) is 7.08. The van der Waals surface area contributed by atoms with Gasteiger partial charge in [-0.1, -0.05) is 6.07 Å². The molecule has 2 nitrogen and oxygen atoms in total. The molecule has 0 aliphatic carbocycles. The van der Waals surface area contributed by atoms with Gasteiger partial charge in [-0.25, -0.2) is 0 Å². The molecule has 2 rings (SSSR count). The lowest BCUT2D eigenvalue weighted by Gasteiger charge is -2.23. The van der Waals surface area contributed by atoms with Gasteiger partial charge in [-0.2, -0.15) is 0 Å². The van der Waals surface area contributed by atoms with E-state index in [-0.39, 0.29) is 0 Å². The lowest BCUT2D eigenvalue weighted by Crippen LogP contribution is -2.31. The van der Waals surface area contributed by atoms with Crippen molar-refractivity contribution < 1.29 is 0 Å². The summed E-state index contributed by atoms with van der Waals surface area (Å²) in [7, 11) is 2.11. The van der Waals surface area contributed by atoms with Gasteiger partial charge in [0, 0.05) is 26.3 Å². The Balaban J connectivity index is 2.23. The third kappa shape index (κ3) is 1.46. The molecule has 1 aliphatic heterocycles. The lowest BCUT2D eigenvalue weighted by molar-refractivity contribution is 0.438. The van der Waals surface area contributed by atoms with E-state index in [1.807, 2.05) is 0 Å². The molecule has 0 fully saturated rings. The first-order valence-corrected chi connectivity index (χ1v) is 4.94. The van der Waals surface area contributed by atoms with Gasteiger partial charge < -0.3 is 10.2 Å². The van der Waals surface area contributed by atoms with E-state index in [9.17, 15) is 0 Å².